The minimum atomic E-state index is 0.350. The SMILES string of the molecule is Cn1ccnc1CC(CCCN)NC1CCCc2cccnc21. The minimum Gasteiger partial charge on any atom is -0.338 e. The van der Waals surface area contributed by atoms with Crippen LogP contribution in [0.4, 0.5) is 0 Å². The van der Waals surface area contributed by atoms with Gasteiger partial charge in [-0.15, -0.1) is 0 Å². The maximum atomic E-state index is 5.73. The van der Waals surface area contributed by atoms with E-state index in [1.54, 1.807) is 0 Å². The summed E-state index contributed by atoms with van der Waals surface area (Å²) in [4.78, 5) is 9.12. The molecular formula is C18H27N5. The lowest BCUT2D eigenvalue weighted by atomic mass is 9.91. The van der Waals surface area contributed by atoms with Crippen LogP contribution in [0.25, 0.3) is 0 Å². The van der Waals surface area contributed by atoms with E-state index >= 15 is 0 Å². The predicted octanol–water partition coefficient (Wildman–Crippen LogP) is 2.13. The van der Waals surface area contributed by atoms with Crippen molar-refractivity contribution in [3.63, 3.8) is 0 Å². The number of hydrogen-bond acceptors (Lipinski definition) is 4. The van der Waals surface area contributed by atoms with Crippen LogP contribution >= 0.6 is 0 Å². The third-order valence-electron chi connectivity index (χ3n) is 4.74. The summed E-state index contributed by atoms with van der Waals surface area (Å²) < 4.78 is 2.10. The highest BCUT2D eigenvalue weighted by atomic mass is 15.1. The summed E-state index contributed by atoms with van der Waals surface area (Å²) >= 11 is 0. The fourth-order valence-electron chi connectivity index (χ4n) is 3.48. The van der Waals surface area contributed by atoms with Gasteiger partial charge in [-0.2, -0.15) is 0 Å². The van der Waals surface area contributed by atoms with Crippen LogP contribution in [0.1, 0.15) is 48.8 Å². The highest BCUT2D eigenvalue weighted by Crippen LogP contribution is 2.28. The largest absolute Gasteiger partial charge is 0.338 e. The van der Waals surface area contributed by atoms with Gasteiger partial charge in [-0.3, -0.25) is 4.98 Å². The monoisotopic (exact) mass is 313 g/mol. The first-order chi connectivity index (χ1) is 11.3. The molecule has 0 radical (unpaired) electrons. The molecule has 3 rings (SSSR count). The van der Waals surface area contributed by atoms with Gasteiger partial charge < -0.3 is 15.6 Å². The third kappa shape index (κ3) is 3.98. The highest BCUT2D eigenvalue weighted by molar-refractivity contribution is 5.25. The van der Waals surface area contributed by atoms with E-state index in [0.29, 0.717) is 12.1 Å². The number of fused-ring (bicyclic) bond motifs is 1. The molecule has 2 aromatic rings. The van der Waals surface area contributed by atoms with Gasteiger partial charge in [0.2, 0.25) is 0 Å². The Labute approximate surface area is 138 Å². The molecule has 5 heteroatoms. The zero-order valence-corrected chi connectivity index (χ0v) is 13.9. The summed E-state index contributed by atoms with van der Waals surface area (Å²) in [7, 11) is 2.06. The second-order valence-electron chi connectivity index (χ2n) is 6.45. The molecule has 0 saturated carbocycles. The summed E-state index contributed by atoms with van der Waals surface area (Å²) in [5.74, 6) is 1.12. The standard InChI is InChI=1S/C18H27N5/c1-23-12-11-20-17(23)13-15(7-3-9-19)22-16-8-2-5-14-6-4-10-21-18(14)16/h4,6,10-12,15-16,22H,2-3,5,7-9,13,19H2,1H3. The van der Waals surface area contributed by atoms with Crippen LogP contribution in [0.5, 0.6) is 0 Å². The Bertz CT molecular complexity index is 621. The summed E-state index contributed by atoms with van der Waals surface area (Å²) in [6.45, 7) is 0.734. The van der Waals surface area contributed by atoms with Gasteiger partial charge in [0, 0.05) is 44.1 Å². The van der Waals surface area contributed by atoms with Crippen molar-refractivity contribution in [1.29, 1.82) is 0 Å². The van der Waals surface area contributed by atoms with Gasteiger partial charge in [0.1, 0.15) is 5.82 Å². The predicted molar refractivity (Wildman–Crippen MR) is 92.0 cm³/mol. The quantitative estimate of drug-likeness (QED) is 0.821. The fourth-order valence-corrected chi connectivity index (χ4v) is 3.48. The molecule has 0 aliphatic heterocycles. The molecule has 1 aliphatic rings. The van der Waals surface area contributed by atoms with Gasteiger partial charge in [0.05, 0.1) is 5.69 Å². The van der Waals surface area contributed by atoms with E-state index in [4.69, 9.17) is 5.73 Å². The van der Waals surface area contributed by atoms with Crippen molar-refractivity contribution in [2.45, 2.75) is 50.6 Å². The first kappa shape index (κ1) is 16.1. The zero-order chi connectivity index (χ0) is 16.1. The van der Waals surface area contributed by atoms with Crippen molar-refractivity contribution in [3.05, 3.63) is 47.8 Å². The van der Waals surface area contributed by atoms with E-state index < -0.39 is 0 Å². The van der Waals surface area contributed by atoms with E-state index in [9.17, 15) is 0 Å². The first-order valence-electron chi connectivity index (χ1n) is 8.64. The van der Waals surface area contributed by atoms with Crippen molar-refractivity contribution >= 4 is 0 Å². The maximum Gasteiger partial charge on any atom is 0.109 e. The van der Waals surface area contributed by atoms with Crippen molar-refractivity contribution in [2.24, 2.45) is 12.8 Å². The average Bonchev–Trinajstić information content (AvgIpc) is 2.98. The van der Waals surface area contributed by atoms with Crippen LogP contribution < -0.4 is 11.1 Å². The molecule has 0 bridgehead atoms. The molecular weight excluding hydrogens is 286 g/mol. The summed E-state index contributed by atoms with van der Waals surface area (Å²) in [6, 6.07) is 4.99. The van der Waals surface area contributed by atoms with Crippen LogP contribution in [-0.4, -0.2) is 27.1 Å². The Balaban J connectivity index is 1.72. The average molecular weight is 313 g/mol. The number of nitrogens with one attached hydrogen (secondary N) is 1. The van der Waals surface area contributed by atoms with Crippen molar-refractivity contribution in [3.8, 4) is 0 Å². The van der Waals surface area contributed by atoms with E-state index in [1.165, 1.54) is 17.7 Å². The molecule has 2 aromatic heterocycles. The van der Waals surface area contributed by atoms with Gasteiger partial charge in [-0.1, -0.05) is 6.07 Å². The van der Waals surface area contributed by atoms with Crippen molar-refractivity contribution < 1.29 is 0 Å². The Morgan fingerprint density at radius 3 is 3.09 bits per heavy atom. The lowest BCUT2D eigenvalue weighted by Gasteiger charge is -2.29. The highest BCUT2D eigenvalue weighted by Gasteiger charge is 2.24. The summed E-state index contributed by atoms with van der Waals surface area (Å²) in [5.41, 5.74) is 8.36. The van der Waals surface area contributed by atoms with E-state index in [2.05, 4.69) is 33.0 Å². The van der Waals surface area contributed by atoms with E-state index in [-0.39, 0.29) is 0 Å². The van der Waals surface area contributed by atoms with E-state index in [1.807, 2.05) is 24.7 Å². The topological polar surface area (TPSA) is 68.8 Å². The molecule has 5 nitrogen and oxygen atoms in total. The normalized spacial score (nSPS) is 18.6. The third-order valence-corrected chi connectivity index (χ3v) is 4.74. The smallest absolute Gasteiger partial charge is 0.109 e. The van der Waals surface area contributed by atoms with Crippen molar-refractivity contribution in [1.82, 2.24) is 19.9 Å². The van der Waals surface area contributed by atoms with Gasteiger partial charge in [-0.25, -0.2) is 4.98 Å². The minimum absolute atomic E-state index is 0.350. The van der Waals surface area contributed by atoms with Gasteiger partial charge in [0.15, 0.2) is 0 Å². The van der Waals surface area contributed by atoms with Crippen LogP contribution in [0.3, 0.4) is 0 Å². The molecule has 124 valence electrons. The Kier molecular flexibility index (Phi) is 5.41. The van der Waals surface area contributed by atoms with Gasteiger partial charge >= 0.3 is 0 Å². The lowest BCUT2D eigenvalue weighted by Crippen LogP contribution is -2.37. The zero-order valence-electron chi connectivity index (χ0n) is 13.9. The second-order valence-corrected chi connectivity index (χ2v) is 6.45. The molecule has 0 amide bonds. The van der Waals surface area contributed by atoms with Gasteiger partial charge in [-0.05, 0) is 50.3 Å². The molecule has 2 heterocycles. The number of imidazole rings is 1. The Morgan fingerprint density at radius 1 is 1.39 bits per heavy atom. The molecule has 0 spiro atoms. The fraction of sp³-hybridized carbons (Fsp3) is 0.556. The molecule has 0 saturated heterocycles. The van der Waals surface area contributed by atoms with E-state index in [0.717, 1.165) is 44.5 Å². The molecule has 2 atom stereocenters. The number of nitrogens with two attached hydrogens (primary N) is 1. The number of rotatable bonds is 7. The van der Waals surface area contributed by atoms with Crippen LogP contribution in [0, 0.1) is 0 Å². The van der Waals surface area contributed by atoms with Gasteiger partial charge in [0.25, 0.3) is 0 Å². The molecule has 1 aliphatic carbocycles. The Hall–Kier alpha value is -1.72. The van der Waals surface area contributed by atoms with Crippen LogP contribution in [0.2, 0.25) is 0 Å². The number of aryl methyl sites for hydroxylation is 2. The number of aromatic nitrogens is 3. The lowest BCUT2D eigenvalue weighted by molar-refractivity contribution is 0.361. The van der Waals surface area contributed by atoms with Crippen molar-refractivity contribution in [2.75, 3.05) is 6.54 Å². The number of pyridine rings is 1. The van der Waals surface area contributed by atoms with Crippen LogP contribution in [-0.2, 0) is 19.9 Å². The summed E-state index contributed by atoms with van der Waals surface area (Å²) in [6.07, 6.45) is 12.3. The molecule has 3 N–H and O–H groups in total. The maximum absolute atomic E-state index is 5.73. The van der Waals surface area contributed by atoms with Crippen LogP contribution in [0.15, 0.2) is 30.7 Å². The second kappa shape index (κ2) is 7.70. The molecule has 2 unspecified atom stereocenters. The Morgan fingerprint density at radius 2 is 2.30 bits per heavy atom. The summed E-state index contributed by atoms with van der Waals surface area (Å²) in [5, 5.41) is 3.84. The molecule has 23 heavy (non-hydrogen) atoms. The number of hydrogen-bond donors (Lipinski definition) is 2. The first-order valence-corrected chi connectivity index (χ1v) is 8.64. The number of nitrogens with zero attached hydrogens (tertiary/aromatic N) is 3. The molecule has 0 fully saturated rings. The molecule has 0 aromatic carbocycles.